The summed E-state index contributed by atoms with van der Waals surface area (Å²) in [6.45, 7) is 3.67. The zero-order valence-electron chi connectivity index (χ0n) is 11.8. The van der Waals surface area contributed by atoms with Crippen molar-refractivity contribution in [1.29, 1.82) is 0 Å². The first-order valence-corrected chi connectivity index (χ1v) is 7.04. The van der Waals surface area contributed by atoms with Crippen LogP contribution in [0.15, 0.2) is 36.4 Å². The van der Waals surface area contributed by atoms with Gasteiger partial charge in [-0.1, -0.05) is 29.8 Å². The fraction of sp³-hybridized carbons (Fsp3) is 0.333. The third-order valence-electron chi connectivity index (χ3n) is 2.98. The lowest BCUT2D eigenvalue weighted by Gasteiger charge is -2.19. The summed E-state index contributed by atoms with van der Waals surface area (Å²) in [6.07, 6.45) is 1.02. The van der Waals surface area contributed by atoms with Gasteiger partial charge in [0.15, 0.2) is 0 Å². The Labute approximate surface area is 124 Å². The number of hydrogen-bond acceptors (Lipinski definition) is 4. The maximum atomic E-state index is 5.89. The third kappa shape index (κ3) is 4.38. The molecule has 0 spiro atoms. The van der Waals surface area contributed by atoms with Crippen LogP contribution in [0.3, 0.4) is 0 Å². The molecular formula is C15H19ClN4. The average molecular weight is 291 g/mol. The van der Waals surface area contributed by atoms with E-state index in [-0.39, 0.29) is 0 Å². The van der Waals surface area contributed by atoms with Crippen LogP contribution in [0.4, 0.5) is 11.5 Å². The van der Waals surface area contributed by atoms with Crippen molar-refractivity contribution in [2.45, 2.75) is 13.3 Å². The highest BCUT2D eigenvalue weighted by atomic mass is 35.5. The average Bonchev–Trinajstić information content (AvgIpc) is 2.43. The molecule has 0 aliphatic rings. The molecule has 0 amide bonds. The zero-order valence-corrected chi connectivity index (χ0v) is 12.6. The van der Waals surface area contributed by atoms with Crippen LogP contribution in [0.5, 0.6) is 0 Å². The normalized spacial score (nSPS) is 10.3. The topological polar surface area (TPSA) is 41.1 Å². The Morgan fingerprint density at radius 3 is 2.65 bits per heavy atom. The molecule has 20 heavy (non-hydrogen) atoms. The van der Waals surface area contributed by atoms with E-state index in [0.717, 1.165) is 25.3 Å². The summed E-state index contributed by atoms with van der Waals surface area (Å²) in [5.41, 5.74) is 1.23. The van der Waals surface area contributed by atoms with Crippen LogP contribution in [0, 0.1) is 6.92 Å². The summed E-state index contributed by atoms with van der Waals surface area (Å²) in [4.78, 5) is 10.6. The van der Waals surface area contributed by atoms with Gasteiger partial charge in [-0.25, -0.2) is 9.97 Å². The number of aryl methyl sites for hydroxylation is 1. The molecule has 0 aliphatic heterocycles. The molecule has 0 unspecified atom stereocenters. The largest absolute Gasteiger partial charge is 0.375 e. The minimum Gasteiger partial charge on any atom is -0.375 e. The first-order valence-electron chi connectivity index (χ1n) is 6.66. The Morgan fingerprint density at radius 1 is 1.20 bits per heavy atom. The number of nitrogens with zero attached hydrogens (tertiary/aromatic N) is 3. The van der Waals surface area contributed by atoms with Gasteiger partial charge in [-0.2, -0.15) is 0 Å². The molecular weight excluding hydrogens is 272 g/mol. The van der Waals surface area contributed by atoms with Crippen molar-refractivity contribution in [3.05, 3.63) is 47.4 Å². The monoisotopic (exact) mass is 290 g/mol. The lowest BCUT2D eigenvalue weighted by Crippen LogP contribution is -2.20. The number of benzene rings is 1. The summed E-state index contributed by atoms with van der Waals surface area (Å²) in [5, 5.41) is 3.74. The second kappa shape index (κ2) is 7.10. The Kier molecular flexibility index (Phi) is 5.18. The molecule has 0 radical (unpaired) electrons. The van der Waals surface area contributed by atoms with Gasteiger partial charge >= 0.3 is 0 Å². The van der Waals surface area contributed by atoms with E-state index in [4.69, 9.17) is 11.6 Å². The third-order valence-corrected chi connectivity index (χ3v) is 3.17. The van der Waals surface area contributed by atoms with Crippen LogP contribution in [-0.2, 0) is 0 Å². The predicted octanol–water partition coefficient (Wildman–Crippen LogP) is 3.38. The number of rotatable bonds is 6. The van der Waals surface area contributed by atoms with Crippen LogP contribution >= 0.6 is 11.6 Å². The van der Waals surface area contributed by atoms with E-state index < -0.39 is 0 Å². The minimum absolute atomic E-state index is 0.474. The number of halogens is 1. The van der Waals surface area contributed by atoms with E-state index in [1.807, 2.05) is 13.0 Å². The van der Waals surface area contributed by atoms with Crippen LogP contribution in [-0.4, -0.2) is 30.1 Å². The second-order valence-corrected chi connectivity index (χ2v) is 5.05. The highest BCUT2D eigenvalue weighted by Crippen LogP contribution is 2.12. The van der Waals surface area contributed by atoms with Crippen LogP contribution in [0.25, 0.3) is 0 Å². The minimum atomic E-state index is 0.474. The Hall–Kier alpha value is -1.81. The maximum Gasteiger partial charge on any atom is 0.134 e. The molecule has 106 valence electrons. The maximum absolute atomic E-state index is 5.89. The summed E-state index contributed by atoms with van der Waals surface area (Å²) in [6, 6.07) is 12.1. The Balaban J connectivity index is 1.76. The molecule has 2 rings (SSSR count). The number of para-hydroxylation sites is 1. The summed E-state index contributed by atoms with van der Waals surface area (Å²) in [5.74, 6) is 1.46. The van der Waals surface area contributed by atoms with Crippen molar-refractivity contribution in [2.75, 3.05) is 30.4 Å². The van der Waals surface area contributed by atoms with Gasteiger partial charge in [0.1, 0.15) is 16.8 Å². The van der Waals surface area contributed by atoms with E-state index in [9.17, 15) is 0 Å². The number of hydrogen-bond donors (Lipinski definition) is 1. The number of aromatic nitrogens is 2. The van der Waals surface area contributed by atoms with Crippen molar-refractivity contribution >= 4 is 23.1 Å². The van der Waals surface area contributed by atoms with E-state index in [2.05, 4.69) is 51.5 Å². The van der Waals surface area contributed by atoms with E-state index in [0.29, 0.717) is 11.0 Å². The van der Waals surface area contributed by atoms with Crippen LogP contribution in [0.2, 0.25) is 5.15 Å². The zero-order chi connectivity index (χ0) is 14.4. The van der Waals surface area contributed by atoms with Crippen molar-refractivity contribution in [1.82, 2.24) is 9.97 Å². The molecule has 0 bridgehead atoms. The lowest BCUT2D eigenvalue weighted by atomic mass is 10.3. The number of nitrogens with one attached hydrogen (secondary N) is 1. The molecule has 1 N–H and O–H groups in total. The first kappa shape index (κ1) is 14.6. The van der Waals surface area contributed by atoms with E-state index >= 15 is 0 Å². The summed E-state index contributed by atoms with van der Waals surface area (Å²) < 4.78 is 0. The van der Waals surface area contributed by atoms with Gasteiger partial charge in [0.2, 0.25) is 0 Å². The van der Waals surface area contributed by atoms with Gasteiger partial charge in [0, 0.05) is 31.9 Å². The van der Waals surface area contributed by atoms with Crippen molar-refractivity contribution in [3.63, 3.8) is 0 Å². The van der Waals surface area contributed by atoms with Gasteiger partial charge in [-0.05, 0) is 25.5 Å². The standard InChI is InChI=1S/C15H19ClN4/c1-12-18-14(16)11-15(19-12)17-9-6-10-20(2)13-7-4-3-5-8-13/h3-5,7-8,11H,6,9-10H2,1-2H3,(H,17,18,19). The Bertz CT molecular complexity index is 525. The lowest BCUT2D eigenvalue weighted by molar-refractivity contribution is 0.813. The molecule has 1 heterocycles. The fourth-order valence-electron chi connectivity index (χ4n) is 1.97. The molecule has 1 aromatic heterocycles. The van der Waals surface area contributed by atoms with Crippen molar-refractivity contribution in [3.8, 4) is 0 Å². The molecule has 0 aliphatic carbocycles. The van der Waals surface area contributed by atoms with Gasteiger partial charge in [0.25, 0.3) is 0 Å². The molecule has 0 saturated carbocycles. The van der Waals surface area contributed by atoms with Gasteiger partial charge < -0.3 is 10.2 Å². The molecule has 4 nitrogen and oxygen atoms in total. The first-order chi connectivity index (χ1) is 9.65. The van der Waals surface area contributed by atoms with Crippen LogP contribution < -0.4 is 10.2 Å². The summed E-state index contributed by atoms with van der Waals surface area (Å²) in [7, 11) is 2.10. The number of anilines is 2. The van der Waals surface area contributed by atoms with Crippen molar-refractivity contribution < 1.29 is 0 Å². The molecule has 0 fully saturated rings. The highest BCUT2D eigenvalue weighted by Gasteiger charge is 2.01. The van der Waals surface area contributed by atoms with E-state index in [1.54, 1.807) is 6.07 Å². The Morgan fingerprint density at radius 2 is 1.95 bits per heavy atom. The van der Waals surface area contributed by atoms with Crippen molar-refractivity contribution in [2.24, 2.45) is 0 Å². The van der Waals surface area contributed by atoms with E-state index in [1.165, 1.54) is 5.69 Å². The van der Waals surface area contributed by atoms with Gasteiger partial charge in [0.05, 0.1) is 0 Å². The SMILES string of the molecule is Cc1nc(Cl)cc(NCCCN(C)c2ccccc2)n1. The van der Waals surface area contributed by atoms with Gasteiger partial charge in [-0.15, -0.1) is 0 Å². The molecule has 0 saturated heterocycles. The molecule has 2 aromatic rings. The van der Waals surface area contributed by atoms with Gasteiger partial charge in [-0.3, -0.25) is 0 Å². The highest BCUT2D eigenvalue weighted by molar-refractivity contribution is 6.29. The molecule has 1 aromatic carbocycles. The molecule has 0 atom stereocenters. The molecule has 5 heteroatoms. The van der Waals surface area contributed by atoms with Crippen LogP contribution in [0.1, 0.15) is 12.2 Å². The fourth-order valence-corrected chi connectivity index (χ4v) is 2.19. The quantitative estimate of drug-likeness (QED) is 0.654. The smallest absolute Gasteiger partial charge is 0.134 e. The second-order valence-electron chi connectivity index (χ2n) is 4.66. The summed E-state index contributed by atoms with van der Waals surface area (Å²) >= 11 is 5.89. The predicted molar refractivity (Wildman–Crippen MR) is 84.6 cm³/mol.